The number of rotatable bonds is 3. The van der Waals surface area contributed by atoms with E-state index in [-0.39, 0.29) is 5.60 Å². The van der Waals surface area contributed by atoms with Crippen LogP contribution in [0.5, 0.6) is 0 Å². The summed E-state index contributed by atoms with van der Waals surface area (Å²) in [5.74, 6) is 2.57. The van der Waals surface area contributed by atoms with Crippen LogP contribution in [0.1, 0.15) is 39.0 Å². The Morgan fingerprint density at radius 3 is 2.36 bits per heavy atom. The van der Waals surface area contributed by atoms with Gasteiger partial charge in [0.25, 0.3) is 0 Å². The normalized spacial score (nSPS) is 39.4. The fourth-order valence-electron chi connectivity index (χ4n) is 2.34. The van der Waals surface area contributed by atoms with Crippen LogP contribution in [0, 0.1) is 0 Å². The van der Waals surface area contributed by atoms with E-state index in [0.717, 1.165) is 38.1 Å². The summed E-state index contributed by atoms with van der Waals surface area (Å²) in [7, 11) is 0. The van der Waals surface area contributed by atoms with E-state index in [1.54, 1.807) is 0 Å². The van der Waals surface area contributed by atoms with Gasteiger partial charge in [0.1, 0.15) is 0 Å². The molecule has 2 rings (SSSR count). The molecule has 14 heavy (non-hydrogen) atoms. The maximum absolute atomic E-state index is 10.1. The van der Waals surface area contributed by atoms with Crippen molar-refractivity contribution < 1.29 is 5.11 Å². The Labute approximate surface area is 90.8 Å². The molecule has 82 valence electrons. The van der Waals surface area contributed by atoms with Gasteiger partial charge in [-0.15, -0.1) is 0 Å². The highest BCUT2D eigenvalue weighted by Crippen LogP contribution is 2.31. The van der Waals surface area contributed by atoms with Gasteiger partial charge in [0, 0.05) is 23.6 Å². The van der Waals surface area contributed by atoms with Crippen LogP contribution in [0.3, 0.4) is 0 Å². The molecular weight excluding hydrogens is 194 g/mol. The second-order valence-electron chi connectivity index (χ2n) is 4.75. The molecule has 3 heteroatoms. The molecule has 0 unspecified atom stereocenters. The molecule has 0 aromatic carbocycles. The summed E-state index contributed by atoms with van der Waals surface area (Å²) in [5.41, 5.74) is -0.341. The molecule has 2 N–H and O–H groups in total. The van der Waals surface area contributed by atoms with Crippen LogP contribution in [0.2, 0.25) is 0 Å². The summed E-state index contributed by atoms with van der Waals surface area (Å²) in [6, 6.07) is 1.44. The molecule has 0 atom stereocenters. The highest BCUT2D eigenvalue weighted by Gasteiger charge is 2.32. The van der Waals surface area contributed by atoms with Crippen LogP contribution in [-0.4, -0.2) is 34.3 Å². The van der Waals surface area contributed by atoms with Crippen molar-refractivity contribution in [2.24, 2.45) is 0 Å². The van der Waals surface area contributed by atoms with Gasteiger partial charge >= 0.3 is 0 Å². The second-order valence-corrected chi connectivity index (χ2v) is 5.83. The summed E-state index contributed by atoms with van der Waals surface area (Å²) in [6.45, 7) is 2.09. The van der Waals surface area contributed by atoms with Gasteiger partial charge in [-0.2, -0.15) is 11.8 Å². The molecule has 0 aromatic rings. The smallest absolute Gasteiger partial charge is 0.0646 e. The lowest BCUT2D eigenvalue weighted by molar-refractivity contribution is -0.00746. The van der Waals surface area contributed by atoms with Gasteiger partial charge in [-0.1, -0.05) is 6.92 Å². The lowest BCUT2D eigenvalue weighted by atomic mass is 9.80. The molecule has 1 saturated carbocycles. The van der Waals surface area contributed by atoms with Gasteiger partial charge in [0.2, 0.25) is 0 Å². The number of nitrogens with one attached hydrogen (secondary N) is 1. The van der Waals surface area contributed by atoms with Crippen molar-refractivity contribution in [3.63, 3.8) is 0 Å². The number of aliphatic hydroxyl groups is 1. The van der Waals surface area contributed by atoms with Crippen molar-refractivity contribution in [3.8, 4) is 0 Å². The summed E-state index contributed by atoms with van der Waals surface area (Å²) in [6.07, 6.45) is 5.21. The molecule has 2 aliphatic rings. The zero-order valence-corrected chi connectivity index (χ0v) is 9.78. The van der Waals surface area contributed by atoms with Gasteiger partial charge in [0.05, 0.1) is 5.60 Å². The lowest BCUT2D eigenvalue weighted by Gasteiger charge is -2.38. The standard InChI is InChI=1S/C11H21NOS/c1-2-11(13)5-3-9(4-6-11)12-10-7-14-8-10/h9-10,12-13H,2-8H2,1H3. The van der Waals surface area contributed by atoms with Gasteiger partial charge in [0.15, 0.2) is 0 Å². The minimum absolute atomic E-state index is 0.341. The summed E-state index contributed by atoms with van der Waals surface area (Å²) >= 11 is 2.03. The van der Waals surface area contributed by atoms with Gasteiger partial charge in [-0.3, -0.25) is 0 Å². The first-order valence-electron chi connectivity index (χ1n) is 5.78. The molecular formula is C11H21NOS. The van der Waals surface area contributed by atoms with E-state index in [1.165, 1.54) is 11.5 Å². The van der Waals surface area contributed by atoms with E-state index < -0.39 is 0 Å². The van der Waals surface area contributed by atoms with Crippen molar-refractivity contribution >= 4 is 11.8 Å². The van der Waals surface area contributed by atoms with E-state index in [4.69, 9.17) is 0 Å². The molecule has 0 aromatic heterocycles. The molecule has 0 amide bonds. The minimum Gasteiger partial charge on any atom is -0.390 e. The van der Waals surface area contributed by atoms with E-state index in [1.807, 2.05) is 11.8 Å². The predicted octanol–water partition coefficient (Wildman–Crippen LogP) is 1.78. The minimum atomic E-state index is -0.341. The number of hydrogen-bond donors (Lipinski definition) is 2. The first kappa shape index (κ1) is 10.8. The predicted molar refractivity (Wildman–Crippen MR) is 61.7 cm³/mol. The van der Waals surface area contributed by atoms with Crippen LogP contribution in [0.25, 0.3) is 0 Å². The number of hydrogen-bond acceptors (Lipinski definition) is 3. The highest BCUT2D eigenvalue weighted by atomic mass is 32.2. The summed E-state index contributed by atoms with van der Waals surface area (Å²) in [5, 5.41) is 13.8. The van der Waals surface area contributed by atoms with Crippen LogP contribution in [-0.2, 0) is 0 Å². The van der Waals surface area contributed by atoms with Crippen molar-refractivity contribution in [3.05, 3.63) is 0 Å². The molecule has 0 bridgehead atoms. The summed E-state index contributed by atoms with van der Waals surface area (Å²) < 4.78 is 0. The van der Waals surface area contributed by atoms with Crippen LogP contribution in [0.4, 0.5) is 0 Å². The molecule has 0 spiro atoms. The Morgan fingerprint density at radius 1 is 1.29 bits per heavy atom. The van der Waals surface area contributed by atoms with Gasteiger partial charge in [-0.25, -0.2) is 0 Å². The fraction of sp³-hybridized carbons (Fsp3) is 1.00. The lowest BCUT2D eigenvalue weighted by Crippen LogP contribution is -2.49. The van der Waals surface area contributed by atoms with E-state index in [0.29, 0.717) is 6.04 Å². The Kier molecular flexibility index (Phi) is 3.40. The van der Waals surface area contributed by atoms with Crippen molar-refractivity contribution in [1.29, 1.82) is 0 Å². The SMILES string of the molecule is CCC1(O)CCC(NC2CSC2)CC1. The molecule has 1 saturated heterocycles. The molecule has 2 fully saturated rings. The third-order valence-electron chi connectivity index (χ3n) is 3.68. The monoisotopic (exact) mass is 215 g/mol. The number of thioether (sulfide) groups is 1. The van der Waals surface area contributed by atoms with Crippen molar-refractivity contribution in [2.75, 3.05) is 11.5 Å². The van der Waals surface area contributed by atoms with E-state index >= 15 is 0 Å². The Morgan fingerprint density at radius 2 is 1.93 bits per heavy atom. The zero-order chi connectivity index (χ0) is 10.0. The Balaban J connectivity index is 1.72. The molecule has 1 heterocycles. The average Bonchev–Trinajstić information content (AvgIpc) is 2.14. The second kappa shape index (κ2) is 4.42. The Bertz CT molecular complexity index is 186. The third kappa shape index (κ3) is 2.44. The van der Waals surface area contributed by atoms with E-state index in [2.05, 4.69) is 12.2 Å². The quantitative estimate of drug-likeness (QED) is 0.752. The third-order valence-corrected chi connectivity index (χ3v) is 4.96. The molecule has 0 radical (unpaired) electrons. The fourth-order valence-corrected chi connectivity index (χ4v) is 3.00. The zero-order valence-electron chi connectivity index (χ0n) is 8.96. The van der Waals surface area contributed by atoms with Crippen LogP contribution >= 0.6 is 11.8 Å². The average molecular weight is 215 g/mol. The first-order chi connectivity index (χ1) is 6.72. The molecule has 1 aliphatic heterocycles. The summed E-state index contributed by atoms with van der Waals surface area (Å²) in [4.78, 5) is 0. The van der Waals surface area contributed by atoms with E-state index in [9.17, 15) is 5.11 Å². The maximum Gasteiger partial charge on any atom is 0.0646 e. The van der Waals surface area contributed by atoms with Crippen LogP contribution < -0.4 is 5.32 Å². The highest BCUT2D eigenvalue weighted by molar-refractivity contribution is 8.00. The molecule has 1 aliphatic carbocycles. The van der Waals surface area contributed by atoms with Crippen molar-refractivity contribution in [1.82, 2.24) is 5.32 Å². The van der Waals surface area contributed by atoms with Gasteiger partial charge < -0.3 is 10.4 Å². The largest absolute Gasteiger partial charge is 0.390 e. The molecule has 2 nitrogen and oxygen atoms in total. The van der Waals surface area contributed by atoms with Crippen molar-refractivity contribution in [2.45, 2.75) is 56.7 Å². The van der Waals surface area contributed by atoms with Gasteiger partial charge in [-0.05, 0) is 32.1 Å². The topological polar surface area (TPSA) is 32.3 Å². The Hall–Kier alpha value is 0.270. The van der Waals surface area contributed by atoms with Crippen LogP contribution in [0.15, 0.2) is 0 Å². The first-order valence-corrected chi connectivity index (χ1v) is 6.93. The maximum atomic E-state index is 10.1.